The molecule has 4 fully saturated rings. The number of fused-ring (bicyclic) bond motifs is 1. The molecule has 2 saturated heterocycles. The van der Waals surface area contributed by atoms with Crippen LogP contribution in [-0.2, 0) is 4.79 Å². The molecule has 1 amide bonds. The van der Waals surface area contributed by atoms with Crippen molar-refractivity contribution in [2.24, 2.45) is 17.8 Å². The van der Waals surface area contributed by atoms with Gasteiger partial charge in [-0.15, -0.1) is 0 Å². The average molecular weight is 165 g/mol. The fraction of sp³-hybridized carbons (Fsp3) is 0.900. The Balaban J connectivity index is 1.95. The average Bonchev–Trinajstić information content (AvgIpc) is 2.16. The highest BCUT2D eigenvalue weighted by Gasteiger charge is 2.42. The van der Waals surface area contributed by atoms with Crippen LogP contribution in [0.4, 0.5) is 0 Å². The molecule has 0 aromatic carbocycles. The Morgan fingerprint density at radius 2 is 1.67 bits per heavy atom. The molecule has 2 nitrogen and oxygen atoms in total. The third-order valence-electron chi connectivity index (χ3n) is 3.86. The van der Waals surface area contributed by atoms with E-state index in [1.165, 1.54) is 32.1 Å². The van der Waals surface area contributed by atoms with Crippen LogP contribution in [0.2, 0.25) is 0 Å². The van der Waals surface area contributed by atoms with Crippen molar-refractivity contribution >= 4 is 5.91 Å². The first-order chi connectivity index (χ1) is 5.81. The molecule has 2 aliphatic carbocycles. The Hall–Kier alpha value is -0.530. The number of nitrogens with one attached hydrogen (secondary N) is 1. The van der Waals surface area contributed by atoms with Crippen LogP contribution >= 0.6 is 0 Å². The molecule has 2 heteroatoms. The minimum Gasteiger partial charge on any atom is -0.353 e. The van der Waals surface area contributed by atoms with Crippen LogP contribution in [0.5, 0.6) is 0 Å². The Labute approximate surface area is 72.7 Å². The lowest BCUT2D eigenvalue weighted by Gasteiger charge is -2.36. The van der Waals surface area contributed by atoms with Crippen molar-refractivity contribution in [2.45, 2.75) is 38.1 Å². The van der Waals surface area contributed by atoms with Crippen molar-refractivity contribution in [1.29, 1.82) is 0 Å². The molecule has 2 atom stereocenters. The molecule has 2 aliphatic heterocycles. The van der Waals surface area contributed by atoms with Crippen LogP contribution in [0.25, 0.3) is 0 Å². The highest BCUT2D eigenvalue weighted by Crippen LogP contribution is 2.44. The maximum atomic E-state index is 11.6. The first-order valence-electron chi connectivity index (χ1n) is 5.11. The summed E-state index contributed by atoms with van der Waals surface area (Å²) < 4.78 is 0. The van der Waals surface area contributed by atoms with Gasteiger partial charge >= 0.3 is 0 Å². The van der Waals surface area contributed by atoms with E-state index in [4.69, 9.17) is 0 Å². The monoisotopic (exact) mass is 165 g/mol. The Kier molecular flexibility index (Phi) is 1.29. The Bertz CT molecular complexity index is 212. The van der Waals surface area contributed by atoms with E-state index >= 15 is 0 Å². The largest absolute Gasteiger partial charge is 0.353 e. The number of carbonyl (C=O) groups is 1. The predicted molar refractivity (Wildman–Crippen MR) is 45.5 cm³/mol. The molecule has 12 heavy (non-hydrogen) atoms. The third kappa shape index (κ3) is 0.900. The maximum absolute atomic E-state index is 11.6. The van der Waals surface area contributed by atoms with Gasteiger partial charge in [-0.1, -0.05) is 0 Å². The normalized spacial score (nSPS) is 50.5. The molecule has 4 rings (SSSR count). The topological polar surface area (TPSA) is 29.1 Å². The second kappa shape index (κ2) is 2.24. The number of carbonyl (C=O) groups excluding carboxylic acids is 1. The van der Waals surface area contributed by atoms with Gasteiger partial charge in [0.05, 0.1) is 0 Å². The van der Waals surface area contributed by atoms with Gasteiger partial charge in [0.1, 0.15) is 0 Å². The van der Waals surface area contributed by atoms with Gasteiger partial charge in [-0.25, -0.2) is 0 Å². The molecule has 0 aromatic heterocycles. The quantitative estimate of drug-likeness (QED) is 0.576. The smallest absolute Gasteiger partial charge is 0.223 e. The molecule has 0 radical (unpaired) electrons. The van der Waals surface area contributed by atoms with Gasteiger partial charge in [0.15, 0.2) is 0 Å². The number of hydrogen-bond donors (Lipinski definition) is 1. The van der Waals surface area contributed by atoms with E-state index in [9.17, 15) is 4.79 Å². The van der Waals surface area contributed by atoms with Gasteiger partial charge in [0, 0.05) is 12.0 Å². The first kappa shape index (κ1) is 6.93. The summed E-state index contributed by atoms with van der Waals surface area (Å²) in [6.07, 6.45) is 6.29. The summed E-state index contributed by atoms with van der Waals surface area (Å²) in [6, 6.07) is 0.536. The molecule has 4 bridgehead atoms. The van der Waals surface area contributed by atoms with Gasteiger partial charge in [-0.3, -0.25) is 4.79 Å². The highest BCUT2D eigenvalue weighted by molar-refractivity contribution is 5.79. The Morgan fingerprint density at radius 1 is 1.00 bits per heavy atom. The third-order valence-corrected chi connectivity index (χ3v) is 3.86. The maximum Gasteiger partial charge on any atom is 0.223 e. The van der Waals surface area contributed by atoms with Crippen LogP contribution in [0.1, 0.15) is 32.1 Å². The van der Waals surface area contributed by atoms with Crippen molar-refractivity contribution in [3.8, 4) is 0 Å². The molecule has 2 heterocycles. The molecule has 0 unspecified atom stereocenters. The number of hydrogen-bond acceptors (Lipinski definition) is 1. The second-order valence-electron chi connectivity index (χ2n) is 4.81. The Morgan fingerprint density at radius 3 is 2.33 bits per heavy atom. The minimum absolute atomic E-state index is 0.352. The number of amides is 1. The van der Waals surface area contributed by atoms with E-state index in [1.54, 1.807) is 0 Å². The van der Waals surface area contributed by atoms with Crippen LogP contribution in [-0.4, -0.2) is 11.9 Å². The van der Waals surface area contributed by atoms with Crippen molar-refractivity contribution < 1.29 is 4.79 Å². The van der Waals surface area contributed by atoms with Gasteiger partial charge in [0.25, 0.3) is 0 Å². The highest BCUT2D eigenvalue weighted by atomic mass is 16.2. The van der Waals surface area contributed by atoms with E-state index in [-0.39, 0.29) is 0 Å². The summed E-state index contributed by atoms with van der Waals surface area (Å²) >= 11 is 0. The van der Waals surface area contributed by atoms with Crippen molar-refractivity contribution in [3.05, 3.63) is 0 Å². The summed E-state index contributed by atoms with van der Waals surface area (Å²) in [5.74, 6) is 2.46. The summed E-state index contributed by atoms with van der Waals surface area (Å²) in [6.45, 7) is 0. The van der Waals surface area contributed by atoms with Gasteiger partial charge in [-0.2, -0.15) is 0 Å². The molecule has 1 N–H and O–H groups in total. The standard InChI is InChI=1S/C10H15NO/c12-10-8-2-6-1-7(3-8)5-9(4-6)11-10/h6-9H,1-5H2,(H,11,12)/t6-,7-,8?,9?/m1/s1. The fourth-order valence-corrected chi connectivity index (χ4v) is 3.50. The lowest BCUT2D eigenvalue weighted by molar-refractivity contribution is -0.125. The summed E-state index contributed by atoms with van der Waals surface area (Å²) in [5, 5.41) is 3.16. The van der Waals surface area contributed by atoms with E-state index < -0.39 is 0 Å². The van der Waals surface area contributed by atoms with Crippen molar-refractivity contribution in [3.63, 3.8) is 0 Å². The lowest BCUT2D eigenvalue weighted by Crippen LogP contribution is -2.35. The van der Waals surface area contributed by atoms with Gasteiger partial charge < -0.3 is 5.32 Å². The summed E-state index contributed by atoms with van der Waals surface area (Å²) in [7, 11) is 0. The zero-order valence-corrected chi connectivity index (χ0v) is 7.25. The zero-order valence-electron chi connectivity index (χ0n) is 7.25. The van der Waals surface area contributed by atoms with Crippen LogP contribution in [0.15, 0.2) is 0 Å². The van der Waals surface area contributed by atoms with Crippen LogP contribution in [0.3, 0.4) is 0 Å². The predicted octanol–water partition coefficient (Wildman–Crippen LogP) is 1.31. The fourth-order valence-electron chi connectivity index (χ4n) is 3.50. The SMILES string of the molecule is O=C1NC2C[C@H]3CC1C[C@H](C2)C3. The van der Waals surface area contributed by atoms with E-state index in [0.29, 0.717) is 17.9 Å². The molecule has 0 spiro atoms. The second-order valence-corrected chi connectivity index (χ2v) is 4.81. The minimum atomic E-state index is 0.352. The molecule has 66 valence electrons. The lowest BCUT2D eigenvalue weighted by atomic mass is 9.68. The van der Waals surface area contributed by atoms with Gasteiger partial charge in [-0.05, 0) is 43.9 Å². The summed E-state index contributed by atoms with van der Waals surface area (Å²) in [4.78, 5) is 11.6. The first-order valence-corrected chi connectivity index (χ1v) is 5.11. The number of rotatable bonds is 0. The van der Waals surface area contributed by atoms with Crippen LogP contribution in [0, 0.1) is 17.8 Å². The molecule has 4 aliphatic rings. The summed E-state index contributed by atoms with van der Waals surface area (Å²) in [5.41, 5.74) is 0. The van der Waals surface area contributed by atoms with E-state index in [0.717, 1.165) is 11.8 Å². The zero-order chi connectivity index (χ0) is 8.13. The van der Waals surface area contributed by atoms with Gasteiger partial charge in [0.2, 0.25) is 5.91 Å². The molecular weight excluding hydrogens is 150 g/mol. The van der Waals surface area contributed by atoms with E-state index in [1.807, 2.05) is 0 Å². The van der Waals surface area contributed by atoms with Crippen molar-refractivity contribution in [2.75, 3.05) is 0 Å². The molecule has 0 aromatic rings. The molecular formula is C10H15NO. The van der Waals surface area contributed by atoms with Crippen molar-refractivity contribution in [1.82, 2.24) is 5.32 Å². The van der Waals surface area contributed by atoms with Crippen LogP contribution < -0.4 is 5.32 Å². The molecule has 2 saturated carbocycles. The van der Waals surface area contributed by atoms with E-state index in [2.05, 4.69) is 5.32 Å².